The van der Waals surface area contributed by atoms with Gasteiger partial charge in [0.25, 0.3) is 0 Å². The minimum atomic E-state index is 0.366. The largest absolute Gasteiger partial charge is 0.485 e. The second-order valence-electron chi connectivity index (χ2n) is 7.58. The normalized spacial score (nSPS) is 15.1. The van der Waals surface area contributed by atoms with Crippen LogP contribution in [0.5, 0.6) is 5.75 Å². The highest BCUT2D eigenvalue weighted by atomic mass is 35.5. The average Bonchev–Trinajstić information content (AvgIpc) is 3.19. The van der Waals surface area contributed by atoms with Crippen molar-refractivity contribution in [3.63, 3.8) is 0 Å². The summed E-state index contributed by atoms with van der Waals surface area (Å²) < 4.78 is 13.9. The number of benzene rings is 1. The summed E-state index contributed by atoms with van der Waals surface area (Å²) in [6.07, 6.45) is 5.79. The highest BCUT2D eigenvalue weighted by Gasteiger charge is 2.19. The van der Waals surface area contributed by atoms with Crippen LogP contribution >= 0.6 is 11.6 Å². The molecule has 0 unspecified atom stereocenters. The predicted octanol–water partition coefficient (Wildman–Crippen LogP) is 4.26. The zero-order valence-electron chi connectivity index (χ0n) is 16.8. The molecule has 4 heterocycles. The summed E-state index contributed by atoms with van der Waals surface area (Å²) in [6.45, 7) is 6.45. The summed E-state index contributed by atoms with van der Waals surface area (Å²) in [5, 5.41) is 1.59. The molecule has 0 radical (unpaired) electrons. The van der Waals surface area contributed by atoms with Gasteiger partial charge in [-0.15, -0.1) is 0 Å². The smallest absolute Gasteiger partial charge is 0.150 e. The first-order valence-electron chi connectivity index (χ1n) is 10.1. The molecule has 0 amide bonds. The summed E-state index contributed by atoms with van der Waals surface area (Å²) in [6, 6.07) is 9.95. The minimum Gasteiger partial charge on any atom is -0.485 e. The van der Waals surface area contributed by atoms with Gasteiger partial charge in [0, 0.05) is 49.2 Å². The topological polar surface area (TPSA) is 51.9 Å². The SMILES string of the molecule is Cc1cccn2cc(COc3c(CN4CCOCC4)cc(Cl)c4cccnc34)nc12. The second-order valence-corrected chi connectivity index (χ2v) is 7.98. The van der Waals surface area contributed by atoms with E-state index in [1.165, 1.54) is 0 Å². The van der Waals surface area contributed by atoms with E-state index in [-0.39, 0.29) is 0 Å². The maximum absolute atomic E-state index is 6.59. The molecule has 7 heteroatoms. The zero-order chi connectivity index (χ0) is 20.5. The van der Waals surface area contributed by atoms with Crippen LogP contribution in [-0.2, 0) is 17.9 Å². The molecule has 6 nitrogen and oxygen atoms in total. The molecule has 0 N–H and O–H groups in total. The van der Waals surface area contributed by atoms with E-state index in [9.17, 15) is 0 Å². The highest BCUT2D eigenvalue weighted by Crippen LogP contribution is 2.35. The van der Waals surface area contributed by atoms with Gasteiger partial charge in [-0.3, -0.25) is 9.88 Å². The van der Waals surface area contributed by atoms with E-state index >= 15 is 0 Å². The molecular formula is C23H23ClN4O2. The third-order valence-corrected chi connectivity index (χ3v) is 5.78. The first kappa shape index (κ1) is 19.3. The number of nitrogens with zero attached hydrogens (tertiary/aromatic N) is 4. The standard InChI is InChI=1S/C23H23ClN4O2/c1-16-4-3-7-28-14-18(26-23(16)28)15-30-22-17(13-27-8-10-29-11-9-27)12-20(24)19-5-2-6-25-21(19)22/h2-7,12,14H,8-11,13,15H2,1H3. The first-order chi connectivity index (χ1) is 14.7. The fourth-order valence-electron chi connectivity index (χ4n) is 3.93. The van der Waals surface area contributed by atoms with E-state index in [2.05, 4.69) is 22.9 Å². The van der Waals surface area contributed by atoms with Gasteiger partial charge >= 0.3 is 0 Å². The molecule has 0 bridgehead atoms. The number of aromatic nitrogens is 3. The fourth-order valence-corrected chi connectivity index (χ4v) is 4.21. The molecule has 1 saturated heterocycles. The molecule has 0 spiro atoms. The monoisotopic (exact) mass is 422 g/mol. The molecule has 3 aromatic heterocycles. The van der Waals surface area contributed by atoms with Gasteiger partial charge in [0.1, 0.15) is 17.8 Å². The number of imidazole rings is 1. The minimum absolute atomic E-state index is 0.366. The number of rotatable bonds is 5. The van der Waals surface area contributed by atoms with Crippen LogP contribution in [0, 0.1) is 6.92 Å². The van der Waals surface area contributed by atoms with E-state index in [1.807, 2.05) is 41.1 Å². The number of hydrogen-bond acceptors (Lipinski definition) is 5. The van der Waals surface area contributed by atoms with Gasteiger partial charge in [-0.1, -0.05) is 17.7 Å². The fraction of sp³-hybridized carbons (Fsp3) is 0.304. The third-order valence-electron chi connectivity index (χ3n) is 5.46. The van der Waals surface area contributed by atoms with Crippen molar-refractivity contribution in [2.24, 2.45) is 0 Å². The van der Waals surface area contributed by atoms with E-state index in [4.69, 9.17) is 26.1 Å². The zero-order valence-corrected chi connectivity index (χ0v) is 17.6. The van der Waals surface area contributed by atoms with Crippen LogP contribution in [0.15, 0.2) is 48.9 Å². The van der Waals surface area contributed by atoms with Gasteiger partial charge in [0.05, 0.1) is 23.9 Å². The molecule has 0 atom stereocenters. The van der Waals surface area contributed by atoms with Crippen molar-refractivity contribution in [1.82, 2.24) is 19.3 Å². The van der Waals surface area contributed by atoms with Gasteiger partial charge in [0.15, 0.2) is 5.75 Å². The molecule has 0 saturated carbocycles. The Bertz CT molecular complexity index is 1200. The number of fused-ring (bicyclic) bond motifs is 2. The van der Waals surface area contributed by atoms with Gasteiger partial charge < -0.3 is 13.9 Å². The lowest BCUT2D eigenvalue weighted by molar-refractivity contribution is 0.0338. The van der Waals surface area contributed by atoms with E-state index in [0.717, 1.165) is 72.0 Å². The van der Waals surface area contributed by atoms with Crippen molar-refractivity contribution in [1.29, 1.82) is 0 Å². The van der Waals surface area contributed by atoms with Crippen LogP contribution in [0.2, 0.25) is 5.02 Å². The third kappa shape index (κ3) is 3.74. The van der Waals surface area contributed by atoms with Crippen LogP contribution in [-0.4, -0.2) is 45.6 Å². The van der Waals surface area contributed by atoms with Gasteiger partial charge in [-0.2, -0.15) is 0 Å². The molecule has 30 heavy (non-hydrogen) atoms. The van der Waals surface area contributed by atoms with Crippen LogP contribution < -0.4 is 4.74 Å². The predicted molar refractivity (Wildman–Crippen MR) is 117 cm³/mol. The second kappa shape index (κ2) is 8.22. The van der Waals surface area contributed by atoms with Crippen molar-refractivity contribution >= 4 is 28.2 Å². The Hall–Kier alpha value is -2.67. The van der Waals surface area contributed by atoms with Crippen molar-refractivity contribution in [2.75, 3.05) is 26.3 Å². The highest BCUT2D eigenvalue weighted by molar-refractivity contribution is 6.35. The maximum atomic E-state index is 6.59. The van der Waals surface area contributed by atoms with Gasteiger partial charge in [0.2, 0.25) is 0 Å². The molecule has 0 aliphatic carbocycles. The summed E-state index contributed by atoms with van der Waals surface area (Å²) in [5.74, 6) is 0.773. The molecular weight excluding hydrogens is 400 g/mol. The Morgan fingerprint density at radius 1 is 1.20 bits per heavy atom. The number of halogens is 1. The average molecular weight is 423 g/mol. The maximum Gasteiger partial charge on any atom is 0.150 e. The first-order valence-corrected chi connectivity index (χ1v) is 10.5. The molecule has 4 aromatic rings. The Balaban J connectivity index is 1.49. The number of ether oxygens (including phenoxy) is 2. The summed E-state index contributed by atoms with van der Waals surface area (Å²) in [7, 11) is 0. The van der Waals surface area contributed by atoms with E-state index in [0.29, 0.717) is 11.6 Å². The quantitative estimate of drug-likeness (QED) is 0.481. The van der Waals surface area contributed by atoms with Crippen molar-refractivity contribution in [3.05, 3.63) is 70.8 Å². The lowest BCUT2D eigenvalue weighted by Gasteiger charge is -2.27. The summed E-state index contributed by atoms with van der Waals surface area (Å²) >= 11 is 6.59. The van der Waals surface area contributed by atoms with Gasteiger partial charge in [-0.05, 0) is 36.8 Å². The summed E-state index contributed by atoms with van der Waals surface area (Å²) in [5.41, 5.74) is 4.78. The molecule has 1 aromatic carbocycles. The number of aryl methyl sites for hydroxylation is 1. The molecule has 1 fully saturated rings. The molecule has 1 aliphatic heterocycles. The number of pyridine rings is 2. The Kier molecular flexibility index (Phi) is 5.29. The van der Waals surface area contributed by atoms with E-state index < -0.39 is 0 Å². The van der Waals surface area contributed by atoms with Crippen LogP contribution in [0.25, 0.3) is 16.6 Å². The van der Waals surface area contributed by atoms with Crippen molar-refractivity contribution in [3.8, 4) is 5.75 Å². The molecule has 5 rings (SSSR count). The van der Waals surface area contributed by atoms with E-state index in [1.54, 1.807) is 6.20 Å². The molecule has 154 valence electrons. The van der Waals surface area contributed by atoms with Crippen LogP contribution in [0.1, 0.15) is 16.8 Å². The van der Waals surface area contributed by atoms with Crippen molar-refractivity contribution < 1.29 is 9.47 Å². The Labute approximate surface area is 180 Å². The Morgan fingerprint density at radius 2 is 2.07 bits per heavy atom. The number of hydrogen-bond donors (Lipinski definition) is 0. The van der Waals surface area contributed by atoms with Crippen LogP contribution in [0.3, 0.4) is 0 Å². The Morgan fingerprint density at radius 3 is 2.90 bits per heavy atom. The van der Waals surface area contributed by atoms with Crippen molar-refractivity contribution in [2.45, 2.75) is 20.1 Å². The number of morpholine rings is 1. The lowest BCUT2D eigenvalue weighted by atomic mass is 10.1. The molecule has 1 aliphatic rings. The van der Waals surface area contributed by atoms with Crippen LogP contribution in [0.4, 0.5) is 0 Å². The van der Waals surface area contributed by atoms with Gasteiger partial charge in [-0.25, -0.2) is 4.98 Å². The lowest BCUT2D eigenvalue weighted by Crippen LogP contribution is -2.35. The summed E-state index contributed by atoms with van der Waals surface area (Å²) in [4.78, 5) is 11.7.